The van der Waals surface area contributed by atoms with Crippen LogP contribution in [-0.2, 0) is 55.9 Å². The first-order valence-corrected chi connectivity index (χ1v) is 19.4. The van der Waals surface area contributed by atoms with Gasteiger partial charge in [0.2, 0.25) is 0 Å². The van der Waals surface area contributed by atoms with Crippen LogP contribution >= 0.6 is 23.6 Å². The Labute approximate surface area is 381 Å². The molecular weight excluding hydrogens is 945 g/mol. The van der Waals surface area contributed by atoms with E-state index in [9.17, 15) is 27.6 Å². The van der Waals surface area contributed by atoms with E-state index in [0.717, 1.165) is 22.9 Å². The largest absolute Gasteiger partial charge is 2.00 e. The summed E-state index contributed by atoms with van der Waals surface area (Å²) in [5.41, 5.74) is 3.03. The second-order valence-corrected chi connectivity index (χ2v) is 13.5. The summed E-state index contributed by atoms with van der Waals surface area (Å²) in [5, 5.41) is 15.3. The molecule has 0 fully saturated rings. The van der Waals surface area contributed by atoms with E-state index in [1.165, 1.54) is 60.2 Å². The third-order valence-corrected chi connectivity index (χ3v) is 9.02. The molecule has 6 rings (SSSR count). The fourth-order valence-corrected chi connectivity index (χ4v) is 6.14. The Balaban J connectivity index is 0.000000312. The van der Waals surface area contributed by atoms with Crippen LogP contribution in [0, 0.1) is 24.1 Å². The molecule has 0 N–H and O–H groups in total. The van der Waals surface area contributed by atoms with E-state index in [1.54, 1.807) is 53.9 Å². The SMILES string of the molecule is CCCCCCc1ccc(/C=C/c2ccnc(-c3cc(C(F)(F)F)n[n-]3)c2)s1.O=COC#Cc1ccnc(-c2cc(OC=O)cc(-c3cc(C#COC=O)ccn3)n2)c1.[N-]=C=S.[Ru+2]. The maximum Gasteiger partial charge on any atom is 2.00 e. The summed E-state index contributed by atoms with van der Waals surface area (Å²) in [5.74, 6) is 5.52. The molecule has 0 saturated carbocycles. The molecule has 6 heterocycles. The van der Waals surface area contributed by atoms with Gasteiger partial charge in [-0.15, -0.1) is 11.3 Å². The molecule has 19 heteroatoms. The summed E-state index contributed by atoms with van der Waals surface area (Å²) in [4.78, 5) is 51.0. The molecule has 0 radical (unpaired) electrons. The predicted octanol–water partition coefficient (Wildman–Crippen LogP) is 8.84. The van der Waals surface area contributed by atoms with Gasteiger partial charge in [0.1, 0.15) is 23.7 Å². The molecule has 0 aliphatic rings. The number of isothiocyanates is 1. The Kier molecular flexibility index (Phi) is 21.6. The molecule has 0 aliphatic heterocycles. The molecule has 0 bridgehead atoms. The quantitative estimate of drug-likeness (QED) is 0.0253. The van der Waals surface area contributed by atoms with E-state index in [0.29, 0.717) is 46.1 Å². The molecular formula is C44H32F3N7O6RuS2. The van der Waals surface area contributed by atoms with E-state index in [4.69, 9.17) is 10.1 Å². The van der Waals surface area contributed by atoms with Gasteiger partial charge in [-0.25, -0.2) is 4.98 Å². The van der Waals surface area contributed by atoms with Crippen molar-refractivity contribution in [1.82, 2.24) is 30.1 Å². The number of nitrogens with zero attached hydrogens (tertiary/aromatic N) is 7. The summed E-state index contributed by atoms with van der Waals surface area (Å²) in [6.07, 6.45) is 14.6. The number of thiocarbonyl (C=S) groups is 1. The average Bonchev–Trinajstić information content (AvgIpc) is 3.97. The number of ether oxygens (including phenoxy) is 3. The van der Waals surface area contributed by atoms with Crippen molar-refractivity contribution in [3.05, 3.63) is 123 Å². The molecule has 0 aliphatic carbocycles. The van der Waals surface area contributed by atoms with Crippen LogP contribution in [0.5, 0.6) is 5.75 Å². The summed E-state index contributed by atoms with van der Waals surface area (Å²) in [7, 11) is 0. The van der Waals surface area contributed by atoms with Crippen LogP contribution in [0.15, 0.2) is 85.3 Å². The number of carbonyl (C=O) groups excluding carboxylic acids is 3. The number of aromatic nitrogens is 6. The first-order chi connectivity index (χ1) is 30.1. The smallest absolute Gasteiger partial charge is 0.753 e. The molecule has 0 unspecified atom stereocenters. The molecule has 6 aromatic heterocycles. The van der Waals surface area contributed by atoms with Crippen LogP contribution in [-0.4, -0.2) is 49.6 Å². The summed E-state index contributed by atoms with van der Waals surface area (Å²) < 4.78 is 51.8. The number of unbranched alkanes of at least 4 members (excludes halogenated alkanes) is 3. The number of pyridine rings is 4. The zero-order valence-electron chi connectivity index (χ0n) is 32.9. The monoisotopic (exact) mass is 977 g/mol. The van der Waals surface area contributed by atoms with E-state index < -0.39 is 11.9 Å². The van der Waals surface area contributed by atoms with Crippen molar-refractivity contribution in [1.29, 1.82) is 0 Å². The minimum absolute atomic E-state index is 0. The normalized spacial score (nSPS) is 10.0. The number of rotatable bonds is 14. The van der Waals surface area contributed by atoms with E-state index >= 15 is 0 Å². The van der Waals surface area contributed by atoms with Gasteiger partial charge in [0.25, 0.3) is 6.47 Å². The number of halogens is 3. The molecule has 13 nitrogen and oxygen atoms in total. The van der Waals surface area contributed by atoms with Gasteiger partial charge in [-0.3, -0.25) is 29.3 Å². The zero-order valence-corrected chi connectivity index (χ0v) is 36.3. The van der Waals surface area contributed by atoms with Crippen LogP contribution in [0.25, 0.3) is 51.7 Å². The van der Waals surface area contributed by atoms with Gasteiger partial charge in [-0.2, -0.15) is 18.3 Å². The van der Waals surface area contributed by atoms with Gasteiger partial charge in [-0.05, 0) is 90.9 Å². The summed E-state index contributed by atoms with van der Waals surface area (Å²) in [6.45, 7) is 2.94. The molecule has 320 valence electrons. The van der Waals surface area contributed by atoms with Crippen molar-refractivity contribution in [2.24, 2.45) is 0 Å². The Morgan fingerprint density at radius 2 is 1.37 bits per heavy atom. The number of carbonyl (C=O) groups is 3. The molecule has 0 aromatic carbocycles. The second kappa shape index (κ2) is 27.0. The van der Waals surface area contributed by atoms with Crippen molar-refractivity contribution in [3.8, 4) is 64.0 Å². The molecule has 0 saturated heterocycles. The first kappa shape index (κ1) is 50.4. The maximum atomic E-state index is 12.7. The second-order valence-electron chi connectivity index (χ2n) is 12.2. The predicted molar refractivity (Wildman–Crippen MR) is 228 cm³/mol. The fraction of sp³-hybridized carbons (Fsp3) is 0.159. The Bertz CT molecular complexity index is 2550. The summed E-state index contributed by atoms with van der Waals surface area (Å²) in [6, 6.07) is 18.3. The first-order valence-electron chi connectivity index (χ1n) is 18.2. The number of hydrogen-bond acceptors (Lipinski definition) is 13. The van der Waals surface area contributed by atoms with Crippen molar-refractivity contribution >= 4 is 60.3 Å². The average molecular weight is 977 g/mol. The van der Waals surface area contributed by atoms with Gasteiger partial charge in [0.15, 0.2) is 0 Å². The molecule has 63 heavy (non-hydrogen) atoms. The van der Waals surface area contributed by atoms with Crippen molar-refractivity contribution in [2.45, 2.75) is 45.2 Å². The molecule has 0 spiro atoms. The van der Waals surface area contributed by atoms with Crippen LogP contribution in [0.2, 0.25) is 0 Å². The number of hydrogen-bond donors (Lipinski definition) is 0. The van der Waals surface area contributed by atoms with Crippen LogP contribution in [0.4, 0.5) is 13.2 Å². The minimum atomic E-state index is -4.50. The van der Waals surface area contributed by atoms with Crippen LogP contribution < -0.4 is 9.84 Å². The van der Waals surface area contributed by atoms with E-state index in [1.807, 2.05) is 12.2 Å². The van der Waals surface area contributed by atoms with Crippen molar-refractivity contribution in [3.63, 3.8) is 0 Å². The van der Waals surface area contributed by atoms with Gasteiger partial charge in [0, 0.05) is 57.3 Å². The third kappa shape index (κ3) is 17.1. The molecule has 6 aromatic rings. The fourth-order valence-electron chi connectivity index (χ4n) is 5.19. The van der Waals surface area contributed by atoms with Crippen molar-refractivity contribution in [2.75, 3.05) is 0 Å². The third-order valence-electron chi connectivity index (χ3n) is 7.91. The van der Waals surface area contributed by atoms with Crippen LogP contribution in [0.1, 0.15) is 64.7 Å². The topological polar surface area (TPSA) is 180 Å². The number of aryl methyl sites for hydroxylation is 1. The molecule has 0 amide bonds. The Morgan fingerprint density at radius 1 is 0.762 bits per heavy atom. The number of alkyl halides is 3. The molecule has 0 atom stereocenters. The zero-order chi connectivity index (χ0) is 44.6. The van der Waals surface area contributed by atoms with E-state index in [-0.39, 0.29) is 43.9 Å². The minimum Gasteiger partial charge on any atom is -0.753 e. The van der Waals surface area contributed by atoms with Gasteiger partial charge in [-0.1, -0.05) is 50.2 Å². The van der Waals surface area contributed by atoms with E-state index in [2.05, 4.69) is 94.9 Å². The Morgan fingerprint density at radius 3 is 1.92 bits per heavy atom. The van der Waals surface area contributed by atoms with Crippen molar-refractivity contribution < 1.29 is 61.2 Å². The summed E-state index contributed by atoms with van der Waals surface area (Å²) >= 11 is 5.47. The Hall–Kier alpha value is -7.01. The number of thiophene rings is 1. The maximum absolute atomic E-state index is 12.7. The van der Waals surface area contributed by atoms with Gasteiger partial charge >= 0.3 is 38.6 Å². The van der Waals surface area contributed by atoms with Crippen LogP contribution in [0.3, 0.4) is 0 Å². The van der Waals surface area contributed by atoms with Gasteiger partial charge in [0.05, 0.1) is 22.8 Å². The standard InChI is InChI=1S/C22H11N3O6.C21H21F3N3S.CNS.Ru/c26-13-29-7-3-16-1-5-23-19(9-16)21-11-18(31-15-28)12-22(25-21)20-10-17(2-6-24-20)4-8-30-14-27;1-2-3-4-5-6-16-9-10-17(28-16)8-7-15-11-12-25-18(13-15)19-14-20(27-26-19)21(22,23)24;2-1-3;/h1-2,5-6,9-15H;7-14H,2-6H2,1H3;;/q;2*-1;+2/b;8-7+;;. The van der Waals surface area contributed by atoms with Gasteiger partial charge < -0.3 is 29.8 Å².